The Labute approximate surface area is 122 Å². The molecule has 1 aromatic rings. The van der Waals surface area contributed by atoms with Crippen LogP contribution in [0.2, 0.25) is 0 Å². The Balaban J connectivity index is 1.98. The molecule has 0 spiro atoms. The number of amides is 1. The van der Waals surface area contributed by atoms with E-state index in [0.29, 0.717) is 19.8 Å². The minimum absolute atomic E-state index is 0.0374. The van der Waals surface area contributed by atoms with Crippen LogP contribution in [0, 0.1) is 13.8 Å². The molecule has 0 saturated carbocycles. The zero-order valence-electron chi connectivity index (χ0n) is 11.3. The standard InChI is InChI=1S/C14H19BrN2O2/c1-10-7-12(15)8-11(2)14(10)16-13(18)9-17-3-5-19-6-4-17/h7-8H,3-6,9H2,1-2H3,(H,16,18). The third-order valence-electron chi connectivity index (χ3n) is 3.23. The molecule has 1 heterocycles. The summed E-state index contributed by atoms with van der Waals surface area (Å²) in [6, 6.07) is 4.02. The summed E-state index contributed by atoms with van der Waals surface area (Å²) in [7, 11) is 0. The molecule has 4 nitrogen and oxygen atoms in total. The molecule has 0 atom stereocenters. The van der Waals surface area contributed by atoms with Gasteiger partial charge in [-0.25, -0.2) is 0 Å². The van der Waals surface area contributed by atoms with Crippen molar-refractivity contribution < 1.29 is 9.53 Å². The third-order valence-corrected chi connectivity index (χ3v) is 3.69. The second-order valence-electron chi connectivity index (χ2n) is 4.85. The normalized spacial score (nSPS) is 16.4. The van der Waals surface area contributed by atoms with Crippen LogP contribution < -0.4 is 5.32 Å². The number of hydrogen-bond donors (Lipinski definition) is 1. The van der Waals surface area contributed by atoms with Crippen molar-refractivity contribution in [1.82, 2.24) is 4.90 Å². The van der Waals surface area contributed by atoms with E-state index in [2.05, 4.69) is 26.1 Å². The maximum atomic E-state index is 12.1. The summed E-state index contributed by atoms with van der Waals surface area (Å²) in [5.74, 6) is 0.0374. The molecule has 1 saturated heterocycles. The molecule has 0 aromatic heterocycles. The van der Waals surface area contributed by atoms with E-state index in [4.69, 9.17) is 4.74 Å². The number of anilines is 1. The van der Waals surface area contributed by atoms with Crippen molar-refractivity contribution in [3.63, 3.8) is 0 Å². The zero-order valence-corrected chi connectivity index (χ0v) is 12.9. The lowest BCUT2D eigenvalue weighted by molar-refractivity contribution is -0.118. The Kier molecular flexibility index (Phi) is 4.96. The van der Waals surface area contributed by atoms with E-state index >= 15 is 0 Å². The molecule has 2 rings (SSSR count). The molecule has 0 aliphatic carbocycles. The molecule has 0 bridgehead atoms. The predicted molar refractivity (Wildman–Crippen MR) is 79.5 cm³/mol. The molecule has 1 aromatic carbocycles. The number of aryl methyl sites for hydroxylation is 2. The van der Waals surface area contributed by atoms with Gasteiger partial charge in [0.2, 0.25) is 5.91 Å². The summed E-state index contributed by atoms with van der Waals surface area (Å²) in [5, 5.41) is 3.01. The van der Waals surface area contributed by atoms with Crippen molar-refractivity contribution in [2.24, 2.45) is 0 Å². The number of benzene rings is 1. The molecule has 1 N–H and O–H groups in total. The van der Waals surface area contributed by atoms with Gasteiger partial charge in [0.25, 0.3) is 0 Å². The van der Waals surface area contributed by atoms with Crippen molar-refractivity contribution in [3.8, 4) is 0 Å². The van der Waals surface area contributed by atoms with Gasteiger partial charge in [0, 0.05) is 23.2 Å². The van der Waals surface area contributed by atoms with Crippen LogP contribution >= 0.6 is 15.9 Å². The highest BCUT2D eigenvalue weighted by Crippen LogP contribution is 2.25. The number of carbonyl (C=O) groups is 1. The van der Waals surface area contributed by atoms with Crippen LogP contribution in [0.1, 0.15) is 11.1 Å². The molecule has 1 aliphatic rings. The second-order valence-corrected chi connectivity index (χ2v) is 5.77. The number of nitrogens with zero attached hydrogens (tertiary/aromatic N) is 1. The summed E-state index contributed by atoms with van der Waals surface area (Å²) in [6.45, 7) is 7.51. The van der Waals surface area contributed by atoms with Gasteiger partial charge in [0.1, 0.15) is 0 Å². The van der Waals surface area contributed by atoms with Crippen LogP contribution in [-0.4, -0.2) is 43.7 Å². The summed E-state index contributed by atoms with van der Waals surface area (Å²) >= 11 is 3.46. The minimum atomic E-state index is 0.0374. The highest BCUT2D eigenvalue weighted by atomic mass is 79.9. The van der Waals surface area contributed by atoms with E-state index in [9.17, 15) is 4.79 Å². The van der Waals surface area contributed by atoms with Crippen molar-refractivity contribution >= 4 is 27.5 Å². The Morgan fingerprint density at radius 2 is 1.89 bits per heavy atom. The van der Waals surface area contributed by atoms with Crippen LogP contribution in [0.15, 0.2) is 16.6 Å². The van der Waals surface area contributed by atoms with E-state index in [1.807, 2.05) is 26.0 Å². The number of morpholine rings is 1. The Bertz CT molecular complexity index is 448. The Hall–Kier alpha value is -0.910. The van der Waals surface area contributed by atoms with Crippen LogP contribution in [0.4, 0.5) is 5.69 Å². The molecule has 0 radical (unpaired) electrons. The van der Waals surface area contributed by atoms with Crippen molar-refractivity contribution in [2.45, 2.75) is 13.8 Å². The van der Waals surface area contributed by atoms with Gasteiger partial charge in [0.15, 0.2) is 0 Å². The fraction of sp³-hybridized carbons (Fsp3) is 0.500. The average Bonchev–Trinajstić information content (AvgIpc) is 2.35. The number of hydrogen-bond acceptors (Lipinski definition) is 3. The lowest BCUT2D eigenvalue weighted by atomic mass is 10.1. The SMILES string of the molecule is Cc1cc(Br)cc(C)c1NC(=O)CN1CCOCC1. The Morgan fingerprint density at radius 1 is 1.32 bits per heavy atom. The van der Waals surface area contributed by atoms with Crippen molar-refractivity contribution in [2.75, 3.05) is 38.2 Å². The van der Waals surface area contributed by atoms with E-state index < -0.39 is 0 Å². The number of rotatable bonds is 3. The molecule has 1 amide bonds. The van der Waals surface area contributed by atoms with Gasteiger partial charge in [-0.3, -0.25) is 9.69 Å². The second kappa shape index (κ2) is 6.50. The molecular formula is C14H19BrN2O2. The van der Waals surface area contributed by atoms with Crippen molar-refractivity contribution in [3.05, 3.63) is 27.7 Å². The number of ether oxygens (including phenoxy) is 1. The van der Waals surface area contributed by atoms with Gasteiger partial charge >= 0.3 is 0 Å². The smallest absolute Gasteiger partial charge is 0.238 e. The maximum Gasteiger partial charge on any atom is 0.238 e. The molecule has 5 heteroatoms. The lowest BCUT2D eigenvalue weighted by Crippen LogP contribution is -2.41. The number of nitrogens with one attached hydrogen (secondary N) is 1. The predicted octanol–water partition coefficient (Wildman–Crippen LogP) is 2.34. The molecule has 0 unspecified atom stereocenters. The highest BCUT2D eigenvalue weighted by molar-refractivity contribution is 9.10. The van der Waals surface area contributed by atoms with E-state index in [1.165, 1.54) is 0 Å². The first kappa shape index (κ1) is 14.5. The molecule has 1 aliphatic heterocycles. The van der Waals surface area contributed by atoms with Crippen LogP contribution in [0.25, 0.3) is 0 Å². The topological polar surface area (TPSA) is 41.6 Å². The van der Waals surface area contributed by atoms with Gasteiger partial charge in [-0.1, -0.05) is 15.9 Å². The lowest BCUT2D eigenvalue weighted by Gasteiger charge is -2.26. The summed E-state index contributed by atoms with van der Waals surface area (Å²) in [6.07, 6.45) is 0. The first-order valence-electron chi connectivity index (χ1n) is 6.43. The van der Waals surface area contributed by atoms with Crippen LogP contribution in [0.5, 0.6) is 0 Å². The summed E-state index contributed by atoms with van der Waals surface area (Å²) in [4.78, 5) is 14.2. The van der Waals surface area contributed by atoms with Gasteiger partial charge in [0.05, 0.1) is 19.8 Å². The fourth-order valence-corrected chi connectivity index (χ4v) is 2.94. The monoisotopic (exact) mass is 326 g/mol. The summed E-state index contributed by atoms with van der Waals surface area (Å²) < 4.78 is 6.31. The molecule has 104 valence electrons. The van der Waals surface area contributed by atoms with Crippen molar-refractivity contribution in [1.29, 1.82) is 0 Å². The number of carbonyl (C=O) groups excluding carboxylic acids is 1. The minimum Gasteiger partial charge on any atom is -0.379 e. The van der Waals surface area contributed by atoms with Crippen LogP contribution in [-0.2, 0) is 9.53 Å². The van der Waals surface area contributed by atoms with Gasteiger partial charge in [-0.2, -0.15) is 0 Å². The van der Waals surface area contributed by atoms with Gasteiger partial charge in [-0.05, 0) is 37.1 Å². The van der Waals surface area contributed by atoms with E-state index in [0.717, 1.165) is 34.4 Å². The van der Waals surface area contributed by atoms with Gasteiger partial charge in [-0.15, -0.1) is 0 Å². The number of halogens is 1. The third kappa shape index (κ3) is 4.03. The first-order chi connectivity index (χ1) is 9.06. The summed E-state index contributed by atoms with van der Waals surface area (Å²) in [5.41, 5.74) is 3.06. The van der Waals surface area contributed by atoms with Gasteiger partial charge < -0.3 is 10.1 Å². The molecule has 19 heavy (non-hydrogen) atoms. The average molecular weight is 327 g/mol. The Morgan fingerprint density at radius 3 is 2.47 bits per heavy atom. The maximum absolute atomic E-state index is 12.1. The zero-order chi connectivity index (χ0) is 13.8. The fourth-order valence-electron chi connectivity index (χ4n) is 2.25. The van der Waals surface area contributed by atoms with E-state index in [1.54, 1.807) is 0 Å². The van der Waals surface area contributed by atoms with Crippen LogP contribution in [0.3, 0.4) is 0 Å². The largest absolute Gasteiger partial charge is 0.379 e. The quantitative estimate of drug-likeness (QED) is 0.926. The van der Waals surface area contributed by atoms with E-state index in [-0.39, 0.29) is 5.91 Å². The highest BCUT2D eigenvalue weighted by Gasteiger charge is 2.15. The first-order valence-corrected chi connectivity index (χ1v) is 7.22. The molecular weight excluding hydrogens is 308 g/mol. The molecule has 1 fully saturated rings.